The van der Waals surface area contributed by atoms with E-state index in [0.29, 0.717) is 41.3 Å². The zero-order valence-corrected chi connectivity index (χ0v) is 23.6. The van der Waals surface area contributed by atoms with Gasteiger partial charge >= 0.3 is 0 Å². The summed E-state index contributed by atoms with van der Waals surface area (Å²) in [7, 11) is 0. The fourth-order valence-corrected chi connectivity index (χ4v) is 5.69. The summed E-state index contributed by atoms with van der Waals surface area (Å²) in [5, 5.41) is 41.8. The Hall–Kier alpha value is -5.44. The fourth-order valence-electron chi connectivity index (χ4n) is 5.04. The number of benzene rings is 2. The molecule has 1 unspecified atom stereocenters. The molecule has 218 valence electrons. The van der Waals surface area contributed by atoms with Gasteiger partial charge in [0.05, 0.1) is 22.4 Å². The highest BCUT2D eigenvalue weighted by atomic mass is 32.1. The van der Waals surface area contributed by atoms with Crippen LogP contribution in [0.4, 0.5) is 22.9 Å². The normalized spacial score (nSPS) is 17.0. The number of nitro benzene ring substituents is 1. The molecule has 2 aliphatic rings. The molecule has 2 aromatic heterocycles. The number of fused-ring (bicyclic) bond motifs is 1. The van der Waals surface area contributed by atoms with Crippen molar-refractivity contribution in [3.05, 3.63) is 102 Å². The van der Waals surface area contributed by atoms with Crippen molar-refractivity contribution in [1.29, 1.82) is 0 Å². The number of aryl methyl sites for hydroxylation is 1. The van der Waals surface area contributed by atoms with Crippen LogP contribution in [0.3, 0.4) is 0 Å². The molecule has 14 nitrogen and oxygen atoms in total. The van der Waals surface area contributed by atoms with Gasteiger partial charge in [-0.25, -0.2) is 10.4 Å². The summed E-state index contributed by atoms with van der Waals surface area (Å²) in [4.78, 5) is 40.3. The van der Waals surface area contributed by atoms with Crippen molar-refractivity contribution in [1.82, 2.24) is 20.2 Å². The number of aromatic nitrogens is 3. The summed E-state index contributed by atoms with van der Waals surface area (Å²) in [5.41, 5.74) is 7.05. The Balaban J connectivity index is 1.32. The summed E-state index contributed by atoms with van der Waals surface area (Å²) in [6.07, 6.45) is 1.45. The van der Waals surface area contributed by atoms with Crippen molar-refractivity contribution in [2.45, 2.75) is 38.6 Å². The molecular formula is C28H25N9O5S. The van der Waals surface area contributed by atoms with Gasteiger partial charge in [-0.1, -0.05) is 17.7 Å². The van der Waals surface area contributed by atoms with Gasteiger partial charge in [0.25, 0.3) is 11.2 Å². The standard InChI is InChI=1S/C28H25N9O5S/c1-15-2-6-17(7-3-15)31-34-25-27-29-21-11-8-18(32-33-22(38)13-24-30-23(39)14-43-24)12-20(21)26(36(27)35-28(25)40)16-4-9-19(10-5-16)37(41)42/h2-7,9-10,14,26,29,39H,8,11-13H2,1H3,(H,33,38)(H,35,40). The van der Waals surface area contributed by atoms with Crippen LogP contribution in [0.15, 0.2) is 85.3 Å². The molecule has 0 spiro atoms. The van der Waals surface area contributed by atoms with E-state index in [9.17, 15) is 24.8 Å². The first-order chi connectivity index (χ1) is 20.7. The Morgan fingerprint density at radius 3 is 2.65 bits per heavy atom. The Labute approximate surface area is 247 Å². The van der Waals surface area contributed by atoms with E-state index in [1.165, 1.54) is 28.8 Å². The Morgan fingerprint density at radius 1 is 1.19 bits per heavy atom. The predicted molar refractivity (Wildman–Crippen MR) is 159 cm³/mol. The number of carbonyl (C=O) groups is 1. The van der Waals surface area contributed by atoms with Crippen LogP contribution in [0.1, 0.15) is 41.4 Å². The van der Waals surface area contributed by atoms with E-state index in [0.717, 1.165) is 22.5 Å². The van der Waals surface area contributed by atoms with Crippen molar-refractivity contribution in [3.8, 4) is 5.88 Å². The number of aromatic hydroxyl groups is 1. The first-order valence-electron chi connectivity index (χ1n) is 13.3. The maximum Gasteiger partial charge on any atom is 0.294 e. The number of nitrogens with zero attached hydrogens (tertiary/aromatic N) is 6. The predicted octanol–water partition coefficient (Wildman–Crippen LogP) is 5.14. The number of azo groups is 1. The van der Waals surface area contributed by atoms with Crippen LogP contribution in [-0.2, 0) is 11.2 Å². The van der Waals surface area contributed by atoms with Gasteiger partial charge in [-0.3, -0.25) is 29.5 Å². The van der Waals surface area contributed by atoms with Gasteiger partial charge < -0.3 is 10.4 Å². The number of carbonyl (C=O) groups excluding carboxylic acids is 1. The van der Waals surface area contributed by atoms with E-state index in [1.807, 2.05) is 31.2 Å². The number of hydrogen-bond acceptors (Lipinski definition) is 11. The van der Waals surface area contributed by atoms with Crippen molar-refractivity contribution < 1.29 is 14.8 Å². The maximum absolute atomic E-state index is 13.1. The molecule has 0 saturated carbocycles. The first-order valence-corrected chi connectivity index (χ1v) is 14.2. The van der Waals surface area contributed by atoms with Gasteiger partial charge in [0.2, 0.25) is 11.8 Å². The zero-order chi connectivity index (χ0) is 30.1. The highest BCUT2D eigenvalue weighted by molar-refractivity contribution is 7.09. The van der Waals surface area contributed by atoms with Crippen LogP contribution in [0, 0.1) is 17.0 Å². The Bertz CT molecular complexity index is 1870. The number of non-ortho nitro benzene ring substituents is 1. The van der Waals surface area contributed by atoms with Crippen LogP contribution in [-0.4, -0.2) is 36.4 Å². The number of hydrogen-bond donors (Lipinski definition) is 4. The average Bonchev–Trinajstić information content (AvgIpc) is 3.55. The van der Waals surface area contributed by atoms with E-state index in [2.05, 4.69) is 36.2 Å². The summed E-state index contributed by atoms with van der Waals surface area (Å²) < 4.78 is 1.66. The second kappa shape index (κ2) is 11.4. The summed E-state index contributed by atoms with van der Waals surface area (Å²) >= 11 is 1.18. The third-order valence-electron chi connectivity index (χ3n) is 7.11. The molecule has 43 heavy (non-hydrogen) atoms. The van der Waals surface area contributed by atoms with E-state index in [4.69, 9.17) is 0 Å². The number of thiazole rings is 1. The van der Waals surface area contributed by atoms with Gasteiger partial charge in [0.1, 0.15) is 11.0 Å². The van der Waals surface area contributed by atoms with Crippen molar-refractivity contribution in [3.63, 3.8) is 0 Å². The maximum atomic E-state index is 13.1. The molecule has 4 aromatic rings. The third kappa shape index (κ3) is 5.83. The number of aromatic amines is 1. The quantitative estimate of drug-likeness (QED) is 0.128. The second-order valence-corrected chi connectivity index (χ2v) is 11.0. The molecule has 1 aliphatic heterocycles. The Kier molecular flexibility index (Phi) is 7.38. The first kappa shape index (κ1) is 27.7. The van der Waals surface area contributed by atoms with Crippen molar-refractivity contribution >= 4 is 45.8 Å². The second-order valence-electron chi connectivity index (χ2n) is 10.1. The zero-order valence-electron chi connectivity index (χ0n) is 22.8. The van der Waals surface area contributed by atoms with Crippen LogP contribution < -0.4 is 16.3 Å². The lowest BCUT2D eigenvalue weighted by Crippen LogP contribution is -2.30. The fraction of sp³-hybridized carbons (Fsp3) is 0.214. The number of anilines is 1. The SMILES string of the molecule is Cc1ccc(N=Nc2c3n([nH]c2=O)C(c2ccc([N+](=O)[O-])cc2)C2=C(CCC(=NNC(=O)Cc4nc(O)cs4)C2)N3)cc1. The highest BCUT2D eigenvalue weighted by Gasteiger charge is 2.35. The lowest BCUT2D eigenvalue weighted by atomic mass is 9.85. The number of H-pyrrole nitrogens is 1. The number of nitrogens with one attached hydrogen (secondary N) is 3. The number of hydrazone groups is 1. The molecule has 0 saturated heterocycles. The average molecular weight is 600 g/mol. The summed E-state index contributed by atoms with van der Waals surface area (Å²) in [6.45, 7) is 1.96. The lowest BCUT2D eigenvalue weighted by Gasteiger charge is -2.35. The molecule has 0 fully saturated rings. The number of nitro groups is 1. The summed E-state index contributed by atoms with van der Waals surface area (Å²) in [5.74, 6) is -0.0607. The molecular weight excluding hydrogens is 574 g/mol. The van der Waals surface area contributed by atoms with E-state index in [-0.39, 0.29) is 29.6 Å². The molecule has 3 heterocycles. The van der Waals surface area contributed by atoms with Crippen LogP contribution in [0.25, 0.3) is 0 Å². The lowest BCUT2D eigenvalue weighted by molar-refractivity contribution is -0.384. The summed E-state index contributed by atoms with van der Waals surface area (Å²) in [6, 6.07) is 13.1. The molecule has 2 aromatic carbocycles. The molecule has 6 rings (SSSR count). The molecule has 15 heteroatoms. The van der Waals surface area contributed by atoms with Gasteiger partial charge in [0, 0.05) is 30.0 Å². The smallest absolute Gasteiger partial charge is 0.294 e. The Morgan fingerprint density at radius 2 is 1.95 bits per heavy atom. The van der Waals surface area contributed by atoms with E-state index >= 15 is 0 Å². The van der Waals surface area contributed by atoms with E-state index < -0.39 is 16.5 Å². The van der Waals surface area contributed by atoms with Crippen LogP contribution in [0.2, 0.25) is 0 Å². The highest BCUT2D eigenvalue weighted by Crippen LogP contribution is 2.43. The third-order valence-corrected chi connectivity index (χ3v) is 7.95. The van der Waals surface area contributed by atoms with Gasteiger partial charge in [-0.15, -0.1) is 16.5 Å². The molecule has 1 aliphatic carbocycles. The van der Waals surface area contributed by atoms with Crippen LogP contribution >= 0.6 is 11.3 Å². The molecule has 1 atom stereocenters. The minimum atomic E-state index is -0.525. The minimum absolute atomic E-state index is 0.0171. The molecule has 0 bridgehead atoms. The number of rotatable bonds is 7. The van der Waals surface area contributed by atoms with Crippen molar-refractivity contribution in [2.75, 3.05) is 5.32 Å². The van der Waals surface area contributed by atoms with Crippen LogP contribution in [0.5, 0.6) is 5.88 Å². The molecule has 1 amide bonds. The molecule has 0 radical (unpaired) electrons. The number of allylic oxidation sites excluding steroid dienone is 2. The van der Waals surface area contributed by atoms with Gasteiger partial charge in [0.15, 0.2) is 11.5 Å². The monoisotopic (exact) mass is 599 g/mol. The van der Waals surface area contributed by atoms with E-state index in [1.54, 1.807) is 16.8 Å². The van der Waals surface area contributed by atoms with Gasteiger partial charge in [-0.2, -0.15) is 10.2 Å². The molecule has 4 N–H and O–H groups in total. The van der Waals surface area contributed by atoms with Crippen molar-refractivity contribution in [2.24, 2.45) is 15.3 Å². The number of amides is 1. The minimum Gasteiger partial charge on any atom is -0.493 e. The van der Waals surface area contributed by atoms with Gasteiger partial charge in [-0.05, 0) is 55.2 Å². The topological polar surface area (TPSA) is 192 Å². The largest absolute Gasteiger partial charge is 0.493 e.